The lowest BCUT2D eigenvalue weighted by Gasteiger charge is -2.35. The molecule has 7 amide bonds. The summed E-state index contributed by atoms with van der Waals surface area (Å²) in [7, 11) is 3.32. The van der Waals surface area contributed by atoms with Crippen LogP contribution in [0.5, 0.6) is 0 Å². The van der Waals surface area contributed by atoms with E-state index < -0.39 is 95.6 Å². The molecule has 0 spiro atoms. The molecule has 2 saturated carbocycles. The van der Waals surface area contributed by atoms with Gasteiger partial charge in [-0.2, -0.15) is 0 Å². The predicted molar refractivity (Wildman–Crippen MR) is 290 cm³/mol. The summed E-state index contributed by atoms with van der Waals surface area (Å²) in [6.07, 6.45) is 8.79. The highest BCUT2D eigenvalue weighted by Crippen LogP contribution is 2.34. The van der Waals surface area contributed by atoms with Gasteiger partial charge in [0, 0.05) is 36.7 Å². The van der Waals surface area contributed by atoms with Gasteiger partial charge in [-0.15, -0.1) is 0 Å². The second-order valence-electron chi connectivity index (χ2n) is 22.1. The zero-order chi connectivity index (χ0) is 56.2. The van der Waals surface area contributed by atoms with Crippen LogP contribution in [-0.4, -0.2) is 126 Å². The summed E-state index contributed by atoms with van der Waals surface area (Å²) in [5, 5.41) is 20.8. The number of Topliss-reactive ketones (excluding diaryl/α,β-unsaturated/α-hetero) is 1. The highest BCUT2D eigenvalue weighted by atomic mass is 19.1. The highest BCUT2D eigenvalue weighted by molar-refractivity contribution is 6.00. The van der Waals surface area contributed by atoms with Crippen LogP contribution in [0, 0.1) is 29.4 Å². The number of nitrogens with zero attached hydrogens (tertiary/aromatic N) is 2. The lowest BCUT2D eigenvalue weighted by molar-refractivity contribution is -0.143. The predicted octanol–water partition coefficient (Wildman–Crippen LogP) is 5.55. The van der Waals surface area contributed by atoms with Crippen LogP contribution in [0.1, 0.15) is 155 Å². The minimum absolute atomic E-state index is 0.0151. The van der Waals surface area contributed by atoms with E-state index in [0.717, 1.165) is 64.2 Å². The Kier molecular flexibility index (Phi) is 20.7. The molecule has 17 nitrogen and oxygen atoms in total. The first-order valence-electron chi connectivity index (χ1n) is 28.0. The van der Waals surface area contributed by atoms with Crippen molar-refractivity contribution in [2.45, 2.75) is 166 Å². The van der Waals surface area contributed by atoms with Crippen molar-refractivity contribution < 1.29 is 47.1 Å². The minimum Gasteiger partial charge on any atom is -0.348 e. The number of likely N-dealkylation sites (tertiary alicyclic amines) is 2. The summed E-state index contributed by atoms with van der Waals surface area (Å²) < 4.78 is 27.6. The molecule has 2 saturated heterocycles. The third-order valence-electron chi connectivity index (χ3n) is 16.6. The van der Waals surface area contributed by atoms with Crippen molar-refractivity contribution in [3.8, 4) is 0 Å². The van der Waals surface area contributed by atoms with Crippen LogP contribution in [0.3, 0.4) is 0 Å². The number of amides is 7. The number of rotatable bonds is 21. The lowest BCUT2D eigenvalue weighted by Crippen LogP contribution is -2.58. The van der Waals surface area contributed by atoms with Gasteiger partial charge in [-0.1, -0.05) is 74.9 Å². The summed E-state index contributed by atoms with van der Waals surface area (Å²) >= 11 is 0. The van der Waals surface area contributed by atoms with Crippen molar-refractivity contribution in [1.29, 1.82) is 0 Å². The summed E-state index contributed by atoms with van der Waals surface area (Å²) in [6.45, 7) is 7.00. The van der Waals surface area contributed by atoms with E-state index in [2.05, 4.69) is 37.2 Å². The SMILES string of the molecule is CN[C@@H](C)C(=O)N[C@H](C(=O)N1C[C@@H](CC(=O)c2ccc(C(=O)N[C@H]3C[C@@H](C(=O)N[C@H](C)c4ccc(F)cc4)N(C(=O)[C@@H](NC(=O)[C@H](C)NC)C4CCCCC4)C3)cc2)C[C@H]1C(=O)N[C@H](C)c1ccc(F)cc1)C1CCCCC1. The van der Waals surface area contributed by atoms with E-state index in [9.17, 15) is 47.1 Å². The molecule has 2 aliphatic heterocycles. The molecule has 19 heteroatoms. The average Bonchev–Trinajstić information content (AvgIpc) is 4.13. The minimum atomic E-state index is -1.01. The van der Waals surface area contributed by atoms with Crippen LogP contribution < -0.4 is 37.2 Å². The Morgan fingerprint density at radius 1 is 0.526 bits per heavy atom. The van der Waals surface area contributed by atoms with Crippen molar-refractivity contribution in [3.63, 3.8) is 0 Å². The number of ketones is 1. The first kappa shape index (κ1) is 59.1. The number of carbonyl (C=O) groups excluding carboxylic acids is 8. The van der Waals surface area contributed by atoms with Crippen LogP contribution in [-0.2, 0) is 28.8 Å². The van der Waals surface area contributed by atoms with Gasteiger partial charge in [-0.3, -0.25) is 38.4 Å². The quantitative estimate of drug-likeness (QED) is 0.0658. The number of nitrogens with one attached hydrogen (secondary N) is 7. The topological polar surface area (TPSA) is 227 Å². The molecular weight excluding hydrogens is 1000 g/mol. The molecule has 0 aromatic heterocycles. The standard InChI is InChI=1S/C59H79F2N9O8/c1-34(39-21-25-45(60)26-22-39)64-56(75)48-29-38(32-69(48)58(77)51(42-13-9-7-10-14-42)67-53(72)36(3)62-5)30-50(71)41-17-19-44(20-18-41)55(74)66-47-31-49(57(76)65-35(2)40-23-27-46(61)28-24-40)70(33-47)59(78)52(43-15-11-8-12-16-43)68-54(73)37(4)63-6/h17-28,34-38,42-43,47-49,51-52,62-63H,7-16,29-33H2,1-6H3,(H,64,75)(H,65,76)(H,66,74)(H,67,72)(H,68,73)/t34-,35-,36+,37+,38-,47+,48+,49+,51+,52+/m1/s1. The number of hydrogen-bond acceptors (Lipinski definition) is 10. The molecule has 4 fully saturated rings. The van der Waals surface area contributed by atoms with Gasteiger partial charge in [-0.25, -0.2) is 8.78 Å². The van der Waals surface area contributed by atoms with Gasteiger partial charge in [0.15, 0.2) is 5.78 Å². The zero-order valence-electron chi connectivity index (χ0n) is 45.9. The van der Waals surface area contributed by atoms with Gasteiger partial charge in [0.2, 0.25) is 35.4 Å². The summed E-state index contributed by atoms with van der Waals surface area (Å²) in [4.78, 5) is 116. The zero-order valence-corrected chi connectivity index (χ0v) is 45.9. The Balaban J connectivity index is 1.06. The molecule has 0 radical (unpaired) electrons. The monoisotopic (exact) mass is 1080 g/mol. The number of likely N-dealkylation sites (N-methyl/N-ethyl adjacent to an activating group) is 2. The van der Waals surface area contributed by atoms with E-state index in [4.69, 9.17) is 0 Å². The molecule has 7 rings (SSSR count). The van der Waals surface area contributed by atoms with E-state index in [0.29, 0.717) is 16.7 Å². The van der Waals surface area contributed by atoms with Gasteiger partial charge in [0.05, 0.1) is 24.2 Å². The number of halogens is 2. The summed E-state index contributed by atoms with van der Waals surface area (Å²) in [5.74, 6) is -4.70. The van der Waals surface area contributed by atoms with Crippen LogP contribution >= 0.6 is 0 Å². The van der Waals surface area contributed by atoms with Crippen LogP contribution in [0.25, 0.3) is 0 Å². The van der Waals surface area contributed by atoms with E-state index in [-0.39, 0.29) is 73.3 Å². The van der Waals surface area contributed by atoms with Gasteiger partial charge in [0.25, 0.3) is 5.91 Å². The van der Waals surface area contributed by atoms with Crippen LogP contribution in [0.4, 0.5) is 8.78 Å². The lowest BCUT2D eigenvalue weighted by atomic mass is 9.83. The third-order valence-corrected chi connectivity index (χ3v) is 16.6. The normalized spacial score (nSPS) is 22.3. The fourth-order valence-electron chi connectivity index (χ4n) is 11.6. The maximum absolute atomic E-state index is 14.8. The number of benzene rings is 3. The molecule has 7 N–H and O–H groups in total. The molecule has 2 heterocycles. The molecule has 78 heavy (non-hydrogen) atoms. The van der Waals surface area contributed by atoms with E-state index in [1.165, 1.54) is 46.2 Å². The van der Waals surface area contributed by atoms with Gasteiger partial charge in [-0.05, 0) is 146 Å². The Bertz CT molecular complexity index is 2420. The second-order valence-corrected chi connectivity index (χ2v) is 22.1. The first-order chi connectivity index (χ1) is 37.3. The number of carbonyl (C=O) groups is 8. The van der Waals surface area contributed by atoms with Gasteiger partial charge < -0.3 is 47.0 Å². The Morgan fingerprint density at radius 3 is 1.37 bits per heavy atom. The van der Waals surface area contributed by atoms with Crippen molar-refractivity contribution in [3.05, 3.63) is 107 Å². The molecule has 3 aromatic carbocycles. The van der Waals surface area contributed by atoms with Crippen molar-refractivity contribution >= 4 is 47.1 Å². The largest absolute Gasteiger partial charge is 0.348 e. The fraction of sp³-hybridized carbons (Fsp3) is 0.559. The van der Waals surface area contributed by atoms with Crippen molar-refractivity contribution in [2.75, 3.05) is 27.2 Å². The van der Waals surface area contributed by atoms with Crippen LogP contribution in [0.15, 0.2) is 72.8 Å². The summed E-state index contributed by atoms with van der Waals surface area (Å²) in [6, 6.07) is 11.0. The maximum atomic E-state index is 14.8. The summed E-state index contributed by atoms with van der Waals surface area (Å²) in [5.41, 5.74) is 1.86. The van der Waals surface area contributed by atoms with Crippen molar-refractivity contribution in [2.24, 2.45) is 17.8 Å². The molecule has 0 unspecified atom stereocenters. The Hall–Kier alpha value is -6.60. The third kappa shape index (κ3) is 14.9. The molecule has 2 aliphatic carbocycles. The second kappa shape index (κ2) is 27.3. The molecule has 10 atom stereocenters. The van der Waals surface area contributed by atoms with Gasteiger partial charge >= 0.3 is 0 Å². The smallest absolute Gasteiger partial charge is 0.251 e. The average molecular weight is 1080 g/mol. The fourth-order valence-corrected chi connectivity index (χ4v) is 11.6. The highest BCUT2D eigenvalue weighted by Gasteiger charge is 2.47. The van der Waals surface area contributed by atoms with E-state index >= 15 is 0 Å². The first-order valence-corrected chi connectivity index (χ1v) is 28.0. The Labute approximate surface area is 456 Å². The molecule has 4 aliphatic rings. The Morgan fingerprint density at radius 2 is 0.936 bits per heavy atom. The van der Waals surface area contributed by atoms with E-state index in [1.807, 2.05) is 0 Å². The molecule has 422 valence electrons. The maximum Gasteiger partial charge on any atom is 0.251 e. The molecule has 3 aromatic rings. The van der Waals surface area contributed by atoms with E-state index in [1.54, 1.807) is 78.2 Å². The molecular formula is C59H79F2N9O8. The van der Waals surface area contributed by atoms with Gasteiger partial charge in [0.1, 0.15) is 35.8 Å². The molecule has 0 bridgehead atoms. The number of hydrogen-bond donors (Lipinski definition) is 7. The van der Waals surface area contributed by atoms with Crippen molar-refractivity contribution in [1.82, 2.24) is 47.0 Å². The van der Waals surface area contributed by atoms with Crippen LogP contribution in [0.2, 0.25) is 0 Å².